The summed E-state index contributed by atoms with van der Waals surface area (Å²) in [7, 11) is 0. The maximum atomic E-state index is 12.2. The molecule has 1 amide bonds. The molecule has 2 aromatic rings. The van der Waals surface area contributed by atoms with Crippen LogP contribution in [0.5, 0.6) is 0 Å². The largest absolute Gasteiger partial charge is 0.445 e. The predicted molar refractivity (Wildman–Crippen MR) is 57.1 cm³/mol. The zero-order chi connectivity index (χ0) is 13.2. The highest BCUT2D eigenvalue weighted by molar-refractivity contribution is 7.15. The first-order chi connectivity index (χ1) is 8.47. The first kappa shape index (κ1) is 12.4. The van der Waals surface area contributed by atoms with Crippen LogP contribution in [0.4, 0.5) is 18.3 Å². The van der Waals surface area contributed by atoms with Crippen molar-refractivity contribution in [1.82, 2.24) is 15.2 Å². The lowest BCUT2D eigenvalue weighted by molar-refractivity contribution is -0.138. The maximum absolute atomic E-state index is 12.2. The zero-order valence-electron chi connectivity index (χ0n) is 8.60. The van der Waals surface area contributed by atoms with Crippen molar-refractivity contribution in [2.24, 2.45) is 0 Å². The van der Waals surface area contributed by atoms with Gasteiger partial charge in [0.05, 0.1) is 0 Å². The summed E-state index contributed by atoms with van der Waals surface area (Å²) in [4.78, 5) is 15.3. The molecule has 2 rings (SSSR count). The van der Waals surface area contributed by atoms with Gasteiger partial charge in [0.2, 0.25) is 10.1 Å². The van der Waals surface area contributed by atoms with Crippen LogP contribution < -0.4 is 5.32 Å². The SMILES string of the molecule is O=C(Nc1nnc(C(F)(F)F)s1)c1ccccn1. The minimum absolute atomic E-state index is 0.0845. The van der Waals surface area contributed by atoms with Crippen molar-refractivity contribution in [2.45, 2.75) is 6.18 Å². The van der Waals surface area contributed by atoms with Crippen molar-refractivity contribution in [3.8, 4) is 0 Å². The van der Waals surface area contributed by atoms with E-state index < -0.39 is 17.1 Å². The van der Waals surface area contributed by atoms with Crippen molar-refractivity contribution in [2.75, 3.05) is 5.32 Å². The van der Waals surface area contributed by atoms with Crippen LogP contribution in [0.15, 0.2) is 24.4 Å². The number of hydrogen-bond acceptors (Lipinski definition) is 5. The molecule has 2 aromatic heterocycles. The van der Waals surface area contributed by atoms with Gasteiger partial charge in [0.25, 0.3) is 5.91 Å². The number of carbonyl (C=O) groups excluding carboxylic acids is 1. The highest BCUT2D eigenvalue weighted by atomic mass is 32.1. The van der Waals surface area contributed by atoms with Gasteiger partial charge in [-0.15, -0.1) is 10.2 Å². The summed E-state index contributed by atoms with van der Waals surface area (Å²) in [6.45, 7) is 0. The molecule has 0 aliphatic heterocycles. The van der Waals surface area contributed by atoms with Gasteiger partial charge >= 0.3 is 6.18 Å². The van der Waals surface area contributed by atoms with Crippen molar-refractivity contribution in [1.29, 1.82) is 0 Å². The zero-order valence-corrected chi connectivity index (χ0v) is 9.42. The second-order valence-electron chi connectivity index (χ2n) is 3.08. The quantitative estimate of drug-likeness (QED) is 0.911. The van der Waals surface area contributed by atoms with E-state index in [0.29, 0.717) is 0 Å². The lowest BCUT2D eigenvalue weighted by atomic mass is 10.3. The second kappa shape index (κ2) is 4.69. The van der Waals surface area contributed by atoms with Crippen molar-refractivity contribution in [3.63, 3.8) is 0 Å². The van der Waals surface area contributed by atoms with E-state index in [1.165, 1.54) is 12.3 Å². The Morgan fingerprint density at radius 1 is 1.28 bits per heavy atom. The Labute approximate surface area is 103 Å². The monoisotopic (exact) mass is 274 g/mol. The molecule has 0 bridgehead atoms. The Bertz CT molecular complexity index is 554. The molecule has 0 radical (unpaired) electrons. The fourth-order valence-electron chi connectivity index (χ4n) is 1.05. The molecule has 0 aromatic carbocycles. The molecule has 94 valence electrons. The Balaban J connectivity index is 2.11. The average molecular weight is 274 g/mol. The van der Waals surface area contributed by atoms with E-state index in [-0.39, 0.29) is 22.2 Å². The summed E-state index contributed by atoms with van der Waals surface area (Å²) < 4.78 is 36.7. The van der Waals surface area contributed by atoms with Crippen LogP contribution in [0, 0.1) is 0 Å². The Hall–Kier alpha value is -2.03. The number of anilines is 1. The van der Waals surface area contributed by atoms with E-state index >= 15 is 0 Å². The molecule has 0 saturated heterocycles. The molecule has 5 nitrogen and oxygen atoms in total. The summed E-state index contributed by atoms with van der Waals surface area (Å²) in [6, 6.07) is 4.63. The number of amides is 1. The minimum Gasteiger partial charge on any atom is -0.295 e. The Kier molecular flexibility index (Phi) is 3.24. The first-order valence-electron chi connectivity index (χ1n) is 4.60. The van der Waals surface area contributed by atoms with Crippen LogP contribution in [0.25, 0.3) is 0 Å². The third kappa shape index (κ3) is 2.80. The smallest absolute Gasteiger partial charge is 0.295 e. The highest BCUT2D eigenvalue weighted by Gasteiger charge is 2.35. The number of aromatic nitrogens is 3. The van der Waals surface area contributed by atoms with E-state index in [4.69, 9.17) is 0 Å². The van der Waals surface area contributed by atoms with Crippen LogP contribution in [0.1, 0.15) is 15.5 Å². The number of carbonyl (C=O) groups is 1. The van der Waals surface area contributed by atoms with Crippen LogP contribution in [0.2, 0.25) is 0 Å². The van der Waals surface area contributed by atoms with Crippen LogP contribution in [-0.2, 0) is 6.18 Å². The van der Waals surface area contributed by atoms with Gasteiger partial charge in [0, 0.05) is 6.20 Å². The second-order valence-corrected chi connectivity index (χ2v) is 4.06. The van der Waals surface area contributed by atoms with Gasteiger partial charge in [-0.25, -0.2) is 0 Å². The van der Waals surface area contributed by atoms with Gasteiger partial charge in [-0.05, 0) is 12.1 Å². The van der Waals surface area contributed by atoms with Crippen LogP contribution >= 0.6 is 11.3 Å². The number of rotatable bonds is 2. The van der Waals surface area contributed by atoms with Crippen molar-refractivity contribution in [3.05, 3.63) is 35.1 Å². The molecule has 0 atom stereocenters. The van der Waals surface area contributed by atoms with Crippen molar-refractivity contribution < 1.29 is 18.0 Å². The molecule has 9 heteroatoms. The summed E-state index contributed by atoms with van der Waals surface area (Å²) in [6.07, 6.45) is -3.16. The Morgan fingerprint density at radius 2 is 2.06 bits per heavy atom. The fourth-order valence-corrected chi connectivity index (χ4v) is 1.65. The molecule has 0 aliphatic carbocycles. The molecule has 0 spiro atoms. The molecule has 0 aliphatic rings. The highest BCUT2D eigenvalue weighted by Crippen LogP contribution is 2.32. The summed E-state index contributed by atoms with van der Waals surface area (Å²) in [5.41, 5.74) is 0.0845. The van der Waals surface area contributed by atoms with E-state index in [2.05, 4.69) is 20.5 Å². The molecule has 2 heterocycles. The molecule has 18 heavy (non-hydrogen) atoms. The minimum atomic E-state index is -4.56. The third-order valence-corrected chi connectivity index (χ3v) is 2.67. The lowest BCUT2D eigenvalue weighted by Gasteiger charge is -1.99. The fraction of sp³-hybridized carbons (Fsp3) is 0.111. The number of halogens is 3. The number of pyridine rings is 1. The van der Waals surface area contributed by atoms with E-state index in [9.17, 15) is 18.0 Å². The molecular formula is C9H5F3N4OS. The van der Waals surface area contributed by atoms with Crippen molar-refractivity contribution >= 4 is 22.4 Å². The number of nitrogens with one attached hydrogen (secondary N) is 1. The van der Waals surface area contributed by atoms with Gasteiger partial charge < -0.3 is 0 Å². The number of nitrogens with zero attached hydrogens (tertiary/aromatic N) is 3. The average Bonchev–Trinajstić information content (AvgIpc) is 2.78. The molecule has 1 N–H and O–H groups in total. The topological polar surface area (TPSA) is 67.8 Å². The third-order valence-electron chi connectivity index (χ3n) is 1.79. The Morgan fingerprint density at radius 3 is 2.61 bits per heavy atom. The van der Waals surface area contributed by atoms with Crippen LogP contribution in [-0.4, -0.2) is 21.1 Å². The molecule has 0 unspecified atom stereocenters. The van der Waals surface area contributed by atoms with Gasteiger partial charge in [-0.3, -0.25) is 15.1 Å². The van der Waals surface area contributed by atoms with Gasteiger partial charge in [-0.2, -0.15) is 13.2 Å². The van der Waals surface area contributed by atoms with Gasteiger partial charge in [0.1, 0.15) is 5.69 Å². The normalized spacial score (nSPS) is 11.3. The summed E-state index contributed by atoms with van der Waals surface area (Å²) >= 11 is 0.256. The standard InChI is InChI=1S/C9H5F3N4OS/c10-9(11,12)7-15-16-8(18-7)14-6(17)5-3-1-2-4-13-5/h1-4H,(H,14,16,17). The first-order valence-corrected chi connectivity index (χ1v) is 5.41. The summed E-state index contributed by atoms with van der Waals surface area (Å²) in [5, 5.41) is 7.04. The van der Waals surface area contributed by atoms with Gasteiger partial charge in [0.15, 0.2) is 0 Å². The molecule has 0 saturated carbocycles. The molecular weight excluding hydrogens is 269 g/mol. The van der Waals surface area contributed by atoms with Crippen LogP contribution in [0.3, 0.4) is 0 Å². The van der Waals surface area contributed by atoms with E-state index in [1.807, 2.05) is 0 Å². The molecule has 0 fully saturated rings. The number of alkyl halides is 3. The maximum Gasteiger partial charge on any atom is 0.445 e. The predicted octanol–water partition coefficient (Wildman–Crippen LogP) is 2.20. The van der Waals surface area contributed by atoms with E-state index in [0.717, 1.165) is 0 Å². The number of hydrogen-bond donors (Lipinski definition) is 1. The lowest BCUT2D eigenvalue weighted by Crippen LogP contribution is -2.13. The van der Waals surface area contributed by atoms with Gasteiger partial charge in [-0.1, -0.05) is 17.4 Å². The van der Waals surface area contributed by atoms with E-state index in [1.54, 1.807) is 12.1 Å². The summed E-state index contributed by atoms with van der Waals surface area (Å²) in [5.74, 6) is -0.638.